The summed E-state index contributed by atoms with van der Waals surface area (Å²) >= 11 is 0. The van der Waals surface area contributed by atoms with Crippen molar-refractivity contribution in [1.82, 2.24) is 9.97 Å². The van der Waals surface area contributed by atoms with Crippen molar-refractivity contribution in [2.75, 3.05) is 23.3 Å². The predicted octanol–water partition coefficient (Wildman–Crippen LogP) is 4.00. The molecule has 1 fully saturated rings. The standard InChI is InChI=1S/C18H24N4O/c1-14(2)23-16-9-5-4-8-15(16)21-17-12-18(20-13-19-17)22-10-6-3-7-11-22/h4-5,8-9,12-14H,3,6-7,10-11H2,1-2H3,(H,19,20,21). The number of nitrogens with zero attached hydrogens (tertiary/aromatic N) is 3. The van der Waals surface area contributed by atoms with Gasteiger partial charge >= 0.3 is 0 Å². The van der Waals surface area contributed by atoms with Crippen molar-refractivity contribution in [1.29, 1.82) is 0 Å². The number of para-hydroxylation sites is 2. The predicted molar refractivity (Wildman–Crippen MR) is 93.6 cm³/mol. The van der Waals surface area contributed by atoms with Crippen LogP contribution in [0.4, 0.5) is 17.3 Å². The van der Waals surface area contributed by atoms with E-state index in [4.69, 9.17) is 4.74 Å². The Labute approximate surface area is 137 Å². The van der Waals surface area contributed by atoms with Crippen LogP contribution in [0.2, 0.25) is 0 Å². The Morgan fingerprint density at radius 3 is 2.65 bits per heavy atom. The zero-order valence-electron chi connectivity index (χ0n) is 13.8. The van der Waals surface area contributed by atoms with Gasteiger partial charge in [0.05, 0.1) is 11.8 Å². The van der Waals surface area contributed by atoms with E-state index in [2.05, 4.69) is 20.2 Å². The van der Waals surface area contributed by atoms with Crippen LogP contribution in [0.5, 0.6) is 5.75 Å². The molecule has 1 N–H and O–H groups in total. The van der Waals surface area contributed by atoms with E-state index >= 15 is 0 Å². The lowest BCUT2D eigenvalue weighted by Gasteiger charge is -2.27. The number of ether oxygens (including phenoxy) is 1. The number of rotatable bonds is 5. The summed E-state index contributed by atoms with van der Waals surface area (Å²) in [5.41, 5.74) is 0.921. The van der Waals surface area contributed by atoms with Crippen LogP contribution in [0.25, 0.3) is 0 Å². The maximum absolute atomic E-state index is 5.85. The van der Waals surface area contributed by atoms with Crippen LogP contribution < -0.4 is 15.0 Å². The van der Waals surface area contributed by atoms with Crippen molar-refractivity contribution < 1.29 is 4.74 Å². The van der Waals surface area contributed by atoms with Gasteiger partial charge in [-0.1, -0.05) is 12.1 Å². The highest BCUT2D eigenvalue weighted by Gasteiger charge is 2.13. The Bertz CT molecular complexity index is 638. The molecule has 5 nitrogen and oxygen atoms in total. The maximum Gasteiger partial charge on any atom is 0.143 e. The van der Waals surface area contributed by atoms with Gasteiger partial charge in [0.2, 0.25) is 0 Å². The van der Waals surface area contributed by atoms with E-state index in [1.54, 1.807) is 6.33 Å². The fourth-order valence-corrected chi connectivity index (χ4v) is 2.78. The second kappa shape index (κ2) is 7.31. The minimum Gasteiger partial charge on any atom is -0.489 e. The second-order valence-corrected chi connectivity index (χ2v) is 6.10. The van der Waals surface area contributed by atoms with Gasteiger partial charge in [0, 0.05) is 19.2 Å². The smallest absolute Gasteiger partial charge is 0.143 e. The molecule has 0 atom stereocenters. The number of piperidine rings is 1. The molecular weight excluding hydrogens is 288 g/mol. The minimum atomic E-state index is 0.132. The molecule has 1 aromatic heterocycles. The van der Waals surface area contributed by atoms with E-state index < -0.39 is 0 Å². The topological polar surface area (TPSA) is 50.3 Å². The van der Waals surface area contributed by atoms with E-state index in [9.17, 15) is 0 Å². The van der Waals surface area contributed by atoms with Crippen LogP contribution in [0, 0.1) is 0 Å². The summed E-state index contributed by atoms with van der Waals surface area (Å²) in [4.78, 5) is 11.1. The summed E-state index contributed by atoms with van der Waals surface area (Å²) in [6, 6.07) is 9.94. The van der Waals surface area contributed by atoms with E-state index in [1.165, 1.54) is 19.3 Å². The van der Waals surface area contributed by atoms with Gasteiger partial charge in [0.1, 0.15) is 23.7 Å². The molecule has 0 aliphatic carbocycles. The van der Waals surface area contributed by atoms with Gasteiger partial charge in [0.25, 0.3) is 0 Å². The van der Waals surface area contributed by atoms with Gasteiger partial charge in [-0.05, 0) is 45.2 Å². The van der Waals surface area contributed by atoms with Gasteiger partial charge in [-0.15, -0.1) is 0 Å². The Balaban J connectivity index is 1.78. The normalized spacial score (nSPS) is 14.8. The maximum atomic E-state index is 5.85. The molecule has 0 radical (unpaired) electrons. The number of hydrogen-bond donors (Lipinski definition) is 1. The van der Waals surface area contributed by atoms with E-state index in [1.807, 2.05) is 44.2 Å². The quantitative estimate of drug-likeness (QED) is 0.904. The summed E-state index contributed by atoms with van der Waals surface area (Å²) in [5, 5.41) is 3.35. The van der Waals surface area contributed by atoms with E-state index in [0.29, 0.717) is 0 Å². The highest BCUT2D eigenvalue weighted by atomic mass is 16.5. The average Bonchev–Trinajstić information content (AvgIpc) is 2.57. The van der Waals surface area contributed by atoms with Crippen LogP contribution in [-0.2, 0) is 0 Å². The third kappa shape index (κ3) is 4.12. The monoisotopic (exact) mass is 312 g/mol. The molecule has 0 saturated carbocycles. The largest absolute Gasteiger partial charge is 0.489 e. The van der Waals surface area contributed by atoms with E-state index in [-0.39, 0.29) is 6.10 Å². The molecule has 1 aromatic carbocycles. The molecule has 0 spiro atoms. The van der Waals surface area contributed by atoms with Gasteiger partial charge in [0.15, 0.2) is 0 Å². The van der Waals surface area contributed by atoms with Crippen LogP contribution >= 0.6 is 0 Å². The Morgan fingerprint density at radius 1 is 1.09 bits per heavy atom. The number of benzene rings is 1. The van der Waals surface area contributed by atoms with Crippen LogP contribution in [-0.4, -0.2) is 29.2 Å². The van der Waals surface area contributed by atoms with Crippen molar-refractivity contribution in [3.8, 4) is 5.75 Å². The molecule has 0 amide bonds. The Hall–Kier alpha value is -2.30. The highest BCUT2D eigenvalue weighted by molar-refractivity contribution is 5.65. The summed E-state index contributed by atoms with van der Waals surface area (Å²) in [5.74, 6) is 2.62. The average molecular weight is 312 g/mol. The summed E-state index contributed by atoms with van der Waals surface area (Å²) in [7, 11) is 0. The first-order chi connectivity index (χ1) is 11.2. The zero-order chi connectivity index (χ0) is 16.1. The molecule has 3 rings (SSSR count). The third-order valence-electron chi connectivity index (χ3n) is 3.85. The van der Waals surface area contributed by atoms with Crippen LogP contribution in [0.15, 0.2) is 36.7 Å². The van der Waals surface area contributed by atoms with Crippen molar-refractivity contribution in [3.63, 3.8) is 0 Å². The van der Waals surface area contributed by atoms with E-state index in [0.717, 1.165) is 36.2 Å². The summed E-state index contributed by atoms with van der Waals surface area (Å²) < 4.78 is 5.85. The lowest BCUT2D eigenvalue weighted by molar-refractivity contribution is 0.244. The summed E-state index contributed by atoms with van der Waals surface area (Å²) in [6.45, 7) is 6.19. The number of aromatic nitrogens is 2. The van der Waals surface area contributed by atoms with Crippen LogP contribution in [0.3, 0.4) is 0 Å². The first-order valence-corrected chi connectivity index (χ1v) is 8.32. The minimum absolute atomic E-state index is 0.132. The third-order valence-corrected chi connectivity index (χ3v) is 3.85. The highest BCUT2D eigenvalue weighted by Crippen LogP contribution is 2.28. The number of hydrogen-bond acceptors (Lipinski definition) is 5. The molecule has 2 heterocycles. The number of anilines is 3. The van der Waals surface area contributed by atoms with Gasteiger partial charge in [-0.2, -0.15) is 0 Å². The van der Waals surface area contributed by atoms with Crippen molar-refractivity contribution in [3.05, 3.63) is 36.7 Å². The molecule has 5 heteroatoms. The van der Waals surface area contributed by atoms with Gasteiger partial charge in [-0.25, -0.2) is 9.97 Å². The molecule has 0 bridgehead atoms. The summed E-state index contributed by atoms with van der Waals surface area (Å²) in [6.07, 6.45) is 5.53. The zero-order valence-corrected chi connectivity index (χ0v) is 13.8. The van der Waals surface area contributed by atoms with Crippen molar-refractivity contribution >= 4 is 17.3 Å². The molecule has 1 aliphatic rings. The molecule has 23 heavy (non-hydrogen) atoms. The first kappa shape index (κ1) is 15.6. The first-order valence-electron chi connectivity index (χ1n) is 8.32. The van der Waals surface area contributed by atoms with Crippen molar-refractivity contribution in [2.45, 2.75) is 39.2 Å². The molecular formula is C18H24N4O. The van der Waals surface area contributed by atoms with Crippen molar-refractivity contribution in [2.24, 2.45) is 0 Å². The molecule has 1 aliphatic heterocycles. The fourth-order valence-electron chi connectivity index (χ4n) is 2.78. The number of nitrogens with one attached hydrogen (secondary N) is 1. The lowest BCUT2D eigenvalue weighted by atomic mass is 10.1. The molecule has 0 unspecified atom stereocenters. The second-order valence-electron chi connectivity index (χ2n) is 6.10. The van der Waals surface area contributed by atoms with Crippen LogP contribution in [0.1, 0.15) is 33.1 Å². The molecule has 2 aromatic rings. The van der Waals surface area contributed by atoms with Gasteiger partial charge < -0.3 is 15.0 Å². The Morgan fingerprint density at radius 2 is 1.87 bits per heavy atom. The lowest BCUT2D eigenvalue weighted by Crippen LogP contribution is -2.30. The van der Waals surface area contributed by atoms with Gasteiger partial charge in [-0.3, -0.25) is 0 Å². The Kier molecular flexibility index (Phi) is 4.95. The SMILES string of the molecule is CC(C)Oc1ccccc1Nc1cc(N2CCCCC2)ncn1. The fraction of sp³-hybridized carbons (Fsp3) is 0.444. The molecule has 122 valence electrons. The molecule has 1 saturated heterocycles.